The van der Waals surface area contributed by atoms with Gasteiger partial charge in [0, 0.05) is 25.2 Å². The summed E-state index contributed by atoms with van der Waals surface area (Å²) in [6, 6.07) is 7.29. The highest BCUT2D eigenvalue weighted by Crippen LogP contribution is 2.21. The van der Waals surface area contributed by atoms with Crippen LogP contribution in [0.25, 0.3) is 16.6 Å². The Kier molecular flexibility index (Phi) is 3.82. The number of nitrogens with zero attached hydrogens (tertiary/aromatic N) is 4. The van der Waals surface area contributed by atoms with E-state index in [4.69, 9.17) is 0 Å². The fourth-order valence-electron chi connectivity index (χ4n) is 3.66. The van der Waals surface area contributed by atoms with Gasteiger partial charge in [-0.05, 0) is 49.9 Å². The van der Waals surface area contributed by atoms with Gasteiger partial charge in [-0.25, -0.2) is 4.52 Å². The van der Waals surface area contributed by atoms with E-state index in [1.165, 1.54) is 0 Å². The summed E-state index contributed by atoms with van der Waals surface area (Å²) in [5, 5.41) is 4.26. The third-order valence-corrected chi connectivity index (χ3v) is 5.24. The van der Waals surface area contributed by atoms with Gasteiger partial charge in [0.15, 0.2) is 0 Å². The summed E-state index contributed by atoms with van der Waals surface area (Å²) in [4.78, 5) is 27.4. The summed E-state index contributed by atoms with van der Waals surface area (Å²) in [5.41, 5.74) is 2.70. The number of likely N-dealkylation sites (tertiary alicyclic amines) is 1. The minimum atomic E-state index is -0.0797. The van der Waals surface area contributed by atoms with E-state index in [2.05, 4.69) is 12.0 Å². The summed E-state index contributed by atoms with van der Waals surface area (Å²) in [5.74, 6) is 0.725. The van der Waals surface area contributed by atoms with Crippen LogP contribution in [0, 0.1) is 5.92 Å². The molecule has 6 heteroatoms. The number of aryl methyl sites for hydroxylation is 1. The zero-order valence-corrected chi connectivity index (χ0v) is 14.6. The molecular weight excluding hydrogens is 316 g/mol. The van der Waals surface area contributed by atoms with Crippen LogP contribution in [0.4, 0.5) is 0 Å². The second kappa shape index (κ2) is 6.02. The lowest BCUT2D eigenvalue weighted by molar-refractivity contribution is 0.0697. The lowest BCUT2D eigenvalue weighted by atomic mass is 9.98. The molecule has 0 radical (unpaired) electrons. The second-order valence-electron chi connectivity index (χ2n) is 6.86. The molecule has 130 valence electrons. The summed E-state index contributed by atoms with van der Waals surface area (Å²) < 4.78 is 3.36. The third kappa shape index (κ3) is 2.52. The van der Waals surface area contributed by atoms with Crippen molar-refractivity contribution in [2.24, 2.45) is 5.92 Å². The molecule has 3 aromatic rings. The molecule has 2 aromatic heterocycles. The van der Waals surface area contributed by atoms with Gasteiger partial charge in [0.05, 0.1) is 17.2 Å². The summed E-state index contributed by atoms with van der Waals surface area (Å²) in [7, 11) is 0. The van der Waals surface area contributed by atoms with E-state index in [9.17, 15) is 9.59 Å². The molecule has 25 heavy (non-hydrogen) atoms. The molecule has 4 rings (SSSR count). The van der Waals surface area contributed by atoms with Crippen molar-refractivity contribution in [2.75, 3.05) is 13.1 Å². The summed E-state index contributed by atoms with van der Waals surface area (Å²) in [6.07, 6.45) is 3.73. The van der Waals surface area contributed by atoms with Crippen LogP contribution in [0.5, 0.6) is 0 Å². The molecule has 1 aliphatic rings. The highest BCUT2D eigenvalue weighted by molar-refractivity contribution is 5.97. The Hall–Kier alpha value is -2.63. The monoisotopic (exact) mass is 338 g/mol. The predicted molar refractivity (Wildman–Crippen MR) is 96.9 cm³/mol. The first kappa shape index (κ1) is 15.9. The van der Waals surface area contributed by atoms with Gasteiger partial charge in [-0.15, -0.1) is 0 Å². The number of hydrogen-bond donors (Lipinski definition) is 0. The molecule has 0 unspecified atom stereocenters. The molecule has 1 amide bonds. The molecule has 0 atom stereocenters. The summed E-state index contributed by atoms with van der Waals surface area (Å²) in [6.45, 7) is 6.32. The van der Waals surface area contributed by atoms with Gasteiger partial charge in [-0.2, -0.15) is 5.10 Å². The van der Waals surface area contributed by atoms with E-state index in [-0.39, 0.29) is 11.5 Å². The zero-order valence-electron chi connectivity index (χ0n) is 14.6. The Labute approximate surface area is 145 Å². The molecule has 1 saturated heterocycles. The van der Waals surface area contributed by atoms with Crippen LogP contribution in [-0.2, 0) is 6.54 Å². The van der Waals surface area contributed by atoms with E-state index in [0.717, 1.165) is 37.0 Å². The Balaban J connectivity index is 1.83. The molecule has 0 saturated carbocycles. The molecule has 0 spiro atoms. The molecule has 1 fully saturated rings. The SMILES string of the molecule is CCn1c(=O)c2ccnn2c2ccc(C(=O)N3CCC(C)CC3)cc21. The van der Waals surface area contributed by atoms with Crippen LogP contribution < -0.4 is 5.56 Å². The summed E-state index contributed by atoms with van der Waals surface area (Å²) >= 11 is 0. The minimum absolute atomic E-state index is 0.0458. The van der Waals surface area contributed by atoms with Crippen molar-refractivity contribution in [3.05, 3.63) is 46.4 Å². The first-order chi connectivity index (χ1) is 12.1. The fraction of sp³-hybridized carbons (Fsp3) is 0.421. The normalized spacial score (nSPS) is 16.0. The van der Waals surface area contributed by atoms with Crippen molar-refractivity contribution < 1.29 is 4.79 Å². The molecule has 1 aromatic carbocycles. The number of aromatic nitrogens is 3. The molecule has 1 aliphatic heterocycles. The highest BCUT2D eigenvalue weighted by atomic mass is 16.2. The molecule has 6 nitrogen and oxygen atoms in total. The molecule has 0 bridgehead atoms. The maximum absolute atomic E-state index is 12.9. The number of carbonyl (C=O) groups excluding carboxylic acids is 1. The number of carbonyl (C=O) groups is 1. The van der Waals surface area contributed by atoms with Crippen molar-refractivity contribution in [1.29, 1.82) is 0 Å². The van der Waals surface area contributed by atoms with Gasteiger partial charge in [-0.3, -0.25) is 9.59 Å². The first-order valence-electron chi connectivity index (χ1n) is 8.89. The smallest absolute Gasteiger partial charge is 0.277 e. The van der Waals surface area contributed by atoms with Crippen molar-refractivity contribution >= 4 is 22.5 Å². The second-order valence-corrected chi connectivity index (χ2v) is 6.86. The van der Waals surface area contributed by atoms with Crippen LogP contribution in [0.1, 0.15) is 37.0 Å². The average Bonchev–Trinajstić information content (AvgIpc) is 3.12. The number of piperidine rings is 1. The van der Waals surface area contributed by atoms with Gasteiger partial charge >= 0.3 is 0 Å². The quantitative estimate of drug-likeness (QED) is 0.721. The largest absolute Gasteiger partial charge is 0.339 e. The van der Waals surface area contributed by atoms with Crippen LogP contribution in [0.3, 0.4) is 0 Å². The highest BCUT2D eigenvalue weighted by Gasteiger charge is 2.22. The topological polar surface area (TPSA) is 59.6 Å². The average molecular weight is 338 g/mol. The van der Waals surface area contributed by atoms with Gasteiger partial charge in [0.1, 0.15) is 5.52 Å². The van der Waals surface area contributed by atoms with E-state index in [0.29, 0.717) is 23.5 Å². The predicted octanol–water partition coefficient (Wildman–Crippen LogP) is 2.54. The number of benzene rings is 1. The van der Waals surface area contributed by atoms with Crippen LogP contribution in [0.2, 0.25) is 0 Å². The fourth-order valence-corrected chi connectivity index (χ4v) is 3.66. The minimum Gasteiger partial charge on any atom is -0.339 e. The van der Waals surface area contributed by atoms with E-state index >= 15 is 0 Å². The Morgan fingerprint density at radius 1 is 1.16 bits per heavy atom. The Morgan fingerprint density at radius 2 is 1.92 bits per heavy atom. The molecule has 0 aliphatic carbocycles. The van der Waals surface area contributed by atoms with Crippen molar-refractivity contribution in [2.45, 2.75) is 33.2 Å². The van der Waals surface area contributed by atoms with Gasteiger partial charge in [0.25, 0.3) is 11.5 Å². The lowest BCUT2D eigenvalue weighted by Gasteiger charge is -2.30. The first-order valence-corrected chi connectivity index (χ1v) is 8.89. The van der Waals surface area contributed by atoms with Crippen LogP contribution in [-0.4, -0.2) is 38.1 Å². The van der Waals surface area contributed by atoms with Crippen LogP contribution in [0.15, 0.2) is 35.3 Å². The number of rotatable bonds is 2. The lowest BCUT2D eigenvalue weighted by Crippen LogP contribution is -2.38. The van der Waals surface area contributed by atoms with Crippen molar-refractivity contribution in [3.8, 4) is 0 Å². The van der Waals surface area contributed by atoms with Crippen molar-refractivity contribution in [1.82, 2.24) is 19.1 Å². The van der Waals surface area contributed by atoms with E-state index < -0.39 is 0 Å². The van der Waals surface area contributed by atoms with Gasteiger partial charge in [-0.1, -0.05) is 6.92 Å². The zero-order chi connectivity index (χ0) is 17.6. The van der Waals surface area contributed by atoms with Crippen molar-refractivity contribution in [3.63, 3.8) is 0 Å². The molecule has 3 heterocycles. The number of fused-ring (bicyclic) bond motifs is 3. The maximum atomic E-state index is 12.9. The van der Waals surface area contributed by atoms with Gasteiger partial charge < -0.3 is 9.47 Å². The maximum Gasteiger partial charge on any atom is 0.277 e. The number of hydrogen-bond acceptors (Lipinski definition) is 3. The Morgan fingerprint density at radius 3 is 2.64 bits per heavy atom. The standard InChI is InChI=1S/C19H22N4O2/c1-3-22-17-12-14(18(24)21-10-7-13(2)8-11-21)4-5-15(17)23-16(19(22)25)6-9-20-23/h4-6,9,12-13H,3,7-8,10-11H2,1-2H3. The Bertz CT molecular complexity index is 1010. The van der Waals surface area contributed by atoms with Crippen LogP contribution >= 0.6 is 0 Å². The molecular formula is C19H22N4O2. The van der Waals surface area contributed by atoms with Gasteiger partial charge in [0.2, 0.25) is 0 Å². The van der Waals surface area contributed by atoms with E-state index in [1.54, 1.807) is 21.3 Å². The number of amides is 1. The molecule has 0 N–H and O–H groups in total. The van der Waals surface area contributed by atoms with E-state index in [1.807, 2.05) is 30.0 Å². The third-order valence-electron chi connectivity index (χ3n) is 5.24.